The Morgan fingerprint density at radius 2 is 2.14 bits per heavy atom. The molecule has 0 saturated carbocycles. The average molecular weight is 248 g/mol. The lowest BCUT2D eigenvalue weighted by molar-refractivity contribution is 0.680. The highest BCUT2D eigenvalue weighted by atomic mass is 35.5. The van der Waals surface area contributed by atoms with Gasteiger partial charge in [0.05, 0.1) is 26.8 Å². The minimum absolute atomic E-state index is 0.370. The van der Waals surface area contributed by atoms with E-state index in [0.29, 0.717) is 14.9 Å². The van der Waals surface area contributed by atoms with Gasteiger partial charge in [-0.3, -0.25) is 4.21 Å². The van der Waals surface area contributed by atoms with Gasteiger partial charge in [-0.25, -0.2) is 0 Å². The van der Waals surface area contributed by atoms with Crippen molar-refractivity contribution in [3.63, 3.8) is 0 Å². The molecule has 0 fully saturated rings. The zero-order chi connectivity index (χ0) is 10.7. The molecule has 0 radical (unpaired) electrons. The molecule has 2 nitrogen and oxygen atoms in total. The molecule has 0 bridgehead atoms. The maximum absolute atomic E-state index is 11.7. The molecule has 1 aromatic rings. The number of nitriles is 1. The molecule has 74 valence electrons. The summed E-state index contributed by atoms with van der Waals surface area (Å²) >= 11 is 11.6. The molecule has 0 aliphatic rings. The third kappa shape index (κ3) is 2.48. The lowest BCUT2D eigenvalue weighted by atomic mass is 10.4. The maximum Gasteiger partial charge on any atom is 0.123 e. The summed E-state index contributed by atoms with van der Waals surface area (Å²) in [4.78, 5) is 0.410. The zero-order valence-corrected chi connectivity index (χ0v) is 9.66. The van der Waals surface area contributed by atoms with Crippen molar-refractivity contribution in [2.75, 3.05) is 0 Å². The lowest BCUT2D eigenvalue weighted by Gasteiger charge is -2.05. The quantitative estimate of drug-likeness (QED) is 0.807. The Hall–Kier alpha value is -0.560. The van der Waals surface area contributed by atoms with Crippen molar-refractivity contribution < 1.29 is 4.21 Å². The first-order chi connectivity index (χ1) is 6.56. The van der Waals surface area contributed by atoms with Crippen LogP contribution in [-0.2, 0) is 10.8 Å². The third-order valence-corrected chi connectivity index (χ3v) is 3.81. The van der Waals surface area contributed by atoms with E-state index in [0.717, 1.165) is 0 Å². The molecular formula is C9H7Cl2NOS. The highest BCUT2D eigenvalue weighted by molar-refractivity contribution is 7.86. The first kappa shape index (κ1) is 11.5. The van der Waals surface area contributed by atoms with Crippen molar-refractivity contribution >= 4 is 34.0 Å². The van der Waals surface area contributed by atoms with E-state index in [1.54, 1.807) is 19.1 Å². The van der Waals surface area contributed by atoms with Crippen molar-refractivity contribution in [1.29, 1.82) is 5.26 Å². The van der Waals surface area contributed by atoms with Crippen LogP contribution in [-0.4, -0.2) is 9.46 Å². The molecule has 0 heterocycles. The molecule has 0 spiro atoms. The Kier molecular flexibility index (Phi) is 3.94. The van der Waals surface area contributed by atoms with Crippen LogP contribution in [0.3, 0.4) is 0 Å². The Labute approximate surface area is 94.9 Å². The zero-order valence-electron chi connectivity index (χ0n) is 7.33. The van der Waals surface area contributed by atoms with Crippen LogP contribution in [0.15, 0.2) is 23.1 Å². The van der Waals surface area contributed by atoms with Crippen LogP contribution in [0.5, 0.6) is 0 Å². The van der Waals surface area contributed by atoms with E-state index in [-0.39, 0.29) is 0 Å². The van der Waals surface area contributed by atoms with Crippen molar-refractivity contribution in [1.82, 2.24) is 0 Å². The van der Waals surface area contributed by atoms with Crippen molar-refractivity contribution in [2.24, 2.45) is 0 Å². The predicted molar refractivity (Wildman–Crippen MR) is 57.9 cm³/mol. The molecule has 14 heavy (non-hydrogen) atoms. The van der Waals surface area contributed by atoms with Crippen molar-refractivity contribution in [3.8, 4) is 6.07 Å². The molecule has 1 rings (SSSR count). The van der Waals surface area contributed by atoms with Gasteiger partial charge in [-0.2, -0.15) is 5.26 Å². The molecular weight excluding hydrogens is 241 g/mol. The molecule has 0 aliphatic heterocycles. The lowest BCUT2D eigenvalue weighted by Crippen LogP contribution is -2.08. The average Bonchev–Trinajstić information content (AvgIpc) is 2.19. The molecule has 2 atom stereocenters. The highest BCUT2D eigenvalue weighted by Crippen LogP contribution is 2.25. The second kappa shape index (κ2) is 4.79. The van der Waals surface area contributed by atoms with Gasteiger partial charge in [0.15, 0.2) is 0 Å². The SMILES string of the molecule is CC(C#N)S(=O)c1cc(Cl)ccc1Cl. The summed E-state index contributed by atoms with van der Waals surface area (Å²) in [6.07, 6.45) is 0. The summed E-state index contributed by atoms with van der Waals surface area (Å²) in [6, 6.07) is 6.61. The van der Waals surface area contributed by atoms with Gasteiger partial charge >= 0.3 is 0 Å². The molecule has 0 aromatic heterocycles. The Bertz CT molecular complexity index is 414. The minimum Gasteiger partial charge on any atom is -0.253 e. The highest BCUT2D eigenvalue weighted by Gasteiger charge is 2.15. The maximum atomic E-state index is 11.7. The van der Waals surface area contributed by atoms with Crippen LogP contribution in [0, 0.1) is 11.3 Å². The van der Waals surface area contributed by atoms with E-state index >= 15 is 0 Å². The summed E-state index contributed by atoms with van der Waals surface area (Å²) < 4.78 is 11.7. The van der Waals surface area contributed by atoms with Crippen LogP contribution >= 0.6 is 23.2 Å². The van der Waals surface area contributed by atoms with Gasteiger partial charge in [0.2, 0.25) is 0 Å². The van der Waals surface area contributed by atoms with E-state index in [2.05, 4.69) is 0 Å². The van der Waals surface area contributed by atoms with Crippen LogP contribution in [0.1, 0.15) is 6.92 Å². The summed E-state index contributed by atoms with van der Waals surface area (Å²) in [5, 5.41) is 8.85. The molecule has 0 N–H and O–H groups in total. The number of rotatable bonds is 2. The van der Waals surface area contributed by atoms with Crippen molar-refractivity contribution in [2.45, 2.75) is 17.1 Å². The first-order valence-electron chi connectivity index (χ1n) is 3.81. The fraction of sp³-hybridized carbons (Fsp3) is 0.222. The van der Waals surface area contributed by atoms with Crippen LogP contribution in [0.4, 0.5) is 0 Å². The van der Waals surface area contributed by atoms with E-state index in [9.17, 15) is 4.21 Å². The van der Waals surface area contributed by atoms with Crippen molar-refractivity contribution in [3.05, 3.63) is 28.2 Å². The van der Waals surface area contributed by atoms with E-state index in [1.165, 1.54) is 6.07 Å². The monoisotopic (exact) mass is 247 g/mol. The number of halogens is 2. The molecule has 0 amide bonds. The summed E-state index contributed by atoms with van der Waals surface area (Å²) in [5.41, 5.74) is 0. The molecule has 1 aromatic carbocycles. The Morgan fingerprint density at radius 3 is 2.71 bits per heavy atom. The summed E-state index contributed by atoms with van der Waals surface area (Å²) in [7, 11) is -1.43. The molecule has 0 saturated heterocycles. The minimum atomic E-state index is -1.43. The molecule has 0 aliphatic carbocycles. The normalized spacial score (nSPS) is 14.4. The third-order valence-electron chi connectivity index (χ3n) is 1.61. The van der Waals surface area contributed by atoms with Gasteiger partial charge in [0, 0.05) is 5.02 Å². The predicted octanol–water partition coefficient (Wildman–Crippen LogP) is 3.01. The number of hydrogen-bond donors (Lipinski definition) is 0. The fourth-order valence-corrected chi connectivity index (χ4v) is 2.43. The van der Waals surface area contributed by atoms with E-state index < -0.39 is 16.0 Å². The van der Waals surface area contributed by atoms with E-state index in [4.69, 9.17) is 28.5 Å². The first-order valence-corrected chi connectivity index (χ1v) is 5.78. The van der Waals surface area contributed by atoms with Crippen LogP contribution in [0.25, 0.3) is 0 Å². The number of hydrogen-bond acceptors (Lipinski definition) is 2. The van der Waals surface area contributed by atoms with Crippen LogP contribution in [0.2, 0.25) is 10.0 Å². The summed E-state index contributed by atoms with van der Waals surface area (Å²) in [6.45, 7) is 1.58. The van der Waals surface area contributed by atoms with E-state index in [1.807, 2.05) is 6.07 Å². The summed E-state index contributed by atoms with van der Waals surface area (Å²) in [5.74, 6) is 0. The van der Waals surface area contributed by atoms with Gasteiger partial charge in [-0.15, -0.1) is 0 Å². The second-order valence-corrected chi connectivity index (χ2v) is 5.23. The smallest absolute Gasteiger partial charge is 0.123 e. The van der Waals surface area contributed by atoms with Gasteiger partial charge in [-0.1, -0.05) is 23.2 Å². The fourth-order valence-electron chi connectivity index (χ4n) is 0.870. The van der Waals surface area contributed by atoms with Gasteiger partial charge in [-0.05, 0) is 25.1 Å². The Balaban J connectivity index is 3.14. The number of benzene rings is 1. The number of nitrogens with zero attached hydrogens (tertiary/aromatic N) is 1. The van der Waals surface area contributed by atoms with Gasteiger partial charge < -0.3 is 0 Å². The molecule has 2 unspecified atom stereocenters. The van der Waals surface area contributed by atoms with Crippen LogP contribution < -0.4 is 0 Å². The standard InChI is InChI=1S/C9H7Cl2NOS/c1-6(5-12)14(13)9-4-7(10)2-3-8(9)11/h2-4,6H,1H3. The molecule has 5 heteroatoms. The topological polar surface area (TPSA) is 40.9 Å². The Morgan fingerprint density at radius 1 is 1.50 bits per heavy atom. The van der Waals surface area contributed by atoms with Gasteiger partial charge in [0.25, 0.3) is 0 Å². The largest absolute Gasteiger partial charge is 0.253 e. The van der Waals surface area contributed by atoms with Gasteiger partial charge in [0.1, 0.15) is 5.25 Å². The second-order valence-electron chi connectivity index (χ2n) is 2.64.